The van der Waals surface area contributed by atoms with Crippen LogP contribution in [0.25, 0.3) is 0 Å². The molecule has 4 N–H and O–H groups in total. The first-order valence-corrected chi connectivity index (χ1v) is 6.07. The number of amides is 2. The Bertz CT molecular complexity index is 702. The number of aromatic carboxylic acids is 3. The molecule has 0 aliphatic carbocycles. The van der Waals surface area contributed by atoms with Crippen LogP contribution >= 0.6 is 0 Å². The van der Waals surface area contributed by atoms with E-state index in [1.165, 1.54) is 0 Å². The second-order valence-electron chi connectivity index (χ2n) is 3.94. The summed E-state index contributed by atoms with van der Waals surface area (Å²) < 4.78 is 0. The van der Waals surface area contributed by atoms with Gasteiger partial charge >= 0.3 is 17.9 Å². The van der Waals surface area contributed by atoms with E-state index in [4.69, 9.17) is 15.3 Å². The minimum atomic E-state index is -1.48. The molecule has 0 bridgehead atoms. The fourth-order valence-corrected chi connectivity index (χ4v) is 1.26. The molecule has 1 aromatic rings. The predicted molar refractivity (Wildman–Crippen MR) is 80.9 cm³/mol. The normalized spacial score (nSPS) is 8.83. The Morgan fingerprint density at radius 2 is 1.25 bits per heavy atom. The molecule has 24 heavy (non-hydrogen) atoms. The second-order valence-corrected chi connectivity index (χ2v) is 3.94. The third-order valence-electron chi connectivity index (χ3n) is 2.34. The van der Waals surface area contributed by atoms with Crippen LogP contribution in [0.2, 0.25) is 0 Å². The molecule has 9 nitrogen and oxygen atoms in total. The van der Waals surface area contributed by atoms with Crippen LogP contribution in [0.15, 0.2) is 43.5 Å². The van der Waals surface area contributed by atoms with E-state index in [2.05, 4.69) is 13.2 Å². The highest BCUT2D eigenvalue weighted by Gasteiger charge is 2.17. The summed E-state index contributed by atoms with van der Waals surface area (Å²) in [6, 6.07) is 2.81. The van der Waals surface area contributed by atoms with Crippen molar-refractivity contribution in [2.24, 2.45) is 0 Å². The monoisotopic (exact) mass is 335 g/mol. The number of carbonyl (C=O) groups is 5. The number of nitrogens with one attached hydrogen (secondary N) is 1. The maximum Gasteiger partial charge on any atom is 0.336 e. The number of hydrogen-bond acceptors (Lipinski definition) is 5. The SMILES string of the molecule is C=CC(=O)NC(=O)C=C.O=C(O)c1ccc(C(=O)O)c(C(=O)O)c1. The Kier molecular flexibility index (Phi) is 7.85. The van der Waals surface area contributed by atoms with Crippen LogP contribution in [0, 0.1) is 0 Å². The van der Waals surface area contributed by atoms with E-state index < -0.39 is 40.8 Å². The average molecular weight is 335 g/mol. The van der Waals surface area contributed by atoms with Gasteiger partial charge in [-0.25, -0.2) is 14.4 Å². The third kappa shape index (κ3) is 6.35. The van der Waals surface area contributed by atoms with Gasteiger partial charge in [-0.15, -0.1) is 0 Å². The molecule has 0 atom stereocenters. The molecule has 0 saturated heterocycles. The highest BCUT2D eigenvalue weighted by molar-refractivity contribution is 6.04. The molecule has 0 saturated carbocycles. The zero-order valence-electron chi connectivity index (χ0n) is 12.2. The number of rotatable bonds is 5. The molecule has 1 rings (SSSR count). The molecule has 0 fully saturated rings. The van der Waals surface area contributed by atoms with E-state index in [1.807, 2.05) is 5.32 Å². The highest BCUT2D eigenvalue weighted by Crippen LogP contribution is 2.12. The first-order chi connectivity index (χ1) is 11.1. The Morgan fingerprint density at radius 1 is 0.792 bits per heavy atom. The van der Waals surface area contributed by atoms with Gasteiger partial charge in [-0.1, -0.05) is 13.2 Å². The van der Waals surface area contributed by atoms with Crippen molar-refractivity contribution in [1.29, 1.82) is 0 Å². The lowest BCUT2D eigenvalue weighted by atomic mass is 10.0. The van der Waals surface area contributed by atoms with E-state index in [9.17, 15) is 24.0 Å². The summed E-state index contributed by atoms with van der Waals surface area (Å²) in [6.45, 7) is 6.30. The average Bonchev–Trinajstić information content (AvgIpc) is 2.54. The Labute approximate surface area is 135 Å². The van der Waals surface area contributed by atoms with Crippen molar-refractivity contribution in [2.45, 2.75) is 0 Å². The van der Waals surface area contributed by atoms with Gasteiger partial charge in [0, 0.05) is 0 Å². The molecule has 0 spiro atoms. The number of carboxylic acid groups (broad SMARTS) is 3. The summed E-state index contributed by atoms with van der Waals surface area (Å²) in [5, 5.41) is 27.8. The smallest absolute Gasteiger partial charge is 0.336 e. The summed E-state index contributed by atoms with van der Waals surface area (Å²) in [5.74, 6) is -5.23. The van der Waals surface area contributed by atoms with Crippen molar-refractivity contribution in [3.05, 3.63) is 60.2 Å². The van der Waals surface area contributed by atoms with Gasteiger partial charge < -0.3 is 15.3 Å². The molecule has 0 unspecified atom stereocenters. The second kappa shape index (κ2) is 9.30. The molecule has 9 heteroatoms. The van der Waals surface area contributed by atoms with E-state index >= 15 is 0 Å². The molecule has 1 aromatic carbocycles. The van der Waals surface area contributed by atoms with Crippen molar-refractivity contribution in [3.8, 4) is 0 Å². The minimum Gasteiger partial charge on any atom is -0.478 e. The molecule has 0 aliphatic rings. The summed E-state index contributed by atoms with van der Waals surface area (Å²) in [6.07, 6.45) is 2.03. The van der Waals surface area contributed by atoms with Gasteiger partial charge in [0.2, 0.25) is 11.8 Å². The standard InChI is InChI=1S/C9H6O6.C6H7NO2/c10-7(11)4-1-2-5(8(12)13)6(3-4)9(14)15;1-3-5(8)7-6(9)4-2/h1-3H,(H,10,11)(H,12,13)(H,14,15);3-4H,1-2H2,(H,7,8,9). The van der Waals surface area contributed by atoms with Crippen molar-refractivity contribution in [1.82, 2.24) is 5.32 Å². The quantitative estimate of drug-likeness (QED) is 0.575. The van der Waals surface area contributed by atoms with Crippen molar-refractivity contribution < 1.29 is 39.3 Å². The van der Waals surface area contributed by atoms with Crippen molar-refractivity contribution in [3.63, 3.8) is 0 Å². The predicted octanol–water partition coefficient (Wildman–Crippen LogP) is 0.782. The van der Waals surface area contributed by atoms with Crippen LogP contribution in [0.1, 0.15) is 31.1 Å². The van der Waals surface area contributed by atoms with Crippen LogP contribution in [0.3, 0.4) is 0 Å². The van der Waals surface area contributed by atoms with E-state index in [1.54, 1.807) is 0 Å². The van der Waals surface area contributed by atoms with Gasteiger partial charge in [0.15, 0.2) is 0 Å². The lowest BCUT2D eigenvalue weighted by Crippen LogP contribution is -2.26. The van der Waals surface area contributed by atoms with Gasteiger partial charge in [-0.3, -0.25) is 14.9 Å². The molecule has 126 valence electrons. The fourth-order valence-electron chi connectivity index (χ4n) is 1.26. The first-order valence-electron chi connectivity index (χ1n) is 6.07. The number of benzene rings is 1. The minimum absolute atomic E-state index is 0.266. The number of hydrogen-bond donors (Lipinski definition) is 4. The zero-order chi connectivity index (χ0) is 18.9. The molecular formula is C15H13NO8. The van der Waals surface area contributed by atoms with Gasteiger partial charge in [-0.05, 0) is 30.4 Å². The molecule has 0 aliphatic heterocycles. The molecular weight excluding hydrogens is 322 g/mol. The fraction of sp³-hybridized carbons (Fsp3) is 0. The lowest BCUT2D eigenvalue weighted by Gasteiger charge is -2.02. The molecule has 0 heterocycles. The van der Waals surface area contributed by atoms with E-state index in [0.717, 1.165) is 30.4 Å². The molecule has 0 radical (unpaired) electrons. The zero-order valence-corrected chi connectivity index (χ0v) is 12.2. The van der Waals surface area contributed by atoms with Gasteiger partial charge in [0.25, 0.3) is 0 Å². The topological polar surface area (TPSA) is 158 Å². The number of carbonyl (C=O) groups excluding carboxylic acids is 2. The maximum atomic E-state index is 10.6. The third-order valence-corrected chi connectivity index (χ3v) is 2.34. The van der Waals surface area contributed by atoms with Crippen LogP contribution < -0.4 is 5.32 Å². The van der Waals surface area contributed by atoms with Crippen LogP contribution in [0.4, 0.5) is 0 Å². The van der Waals surface area contributed by atoms with Crippen LogP contribution in [0.5, 0.6) is 0 Å². The molecule has 2 amide bonds. The van der Waals surface area contributed by atoms with E-state index in [0.29, 0.717) is 0 Å². The Morgan fingerprint density at radius 3 is 1.58 bits per heavy atom. The number of imide groups is 1. The van der Waals surface area contributed by atoms with Gasteiger partial charge in [-0.2, -0.15) is 0 Å². The maximum absolute atomic E-state index is 10.6. The molecule has 0 aromatic heterocycles. The van der Waals surface area contributed by atoms with Gasteiger partial charge in [0.05, 0.1) is 16.7 Å². The van der Waals surface area contributed by atoms with Gasteiger partial charge in [0.1, 0.15) is 0 Å². The van der Waals surface area contributed by atoms with Crippen molar-refractivity contribution >= 4 is 29.7 Å². The largest absolute Gasteiger partial charge is 0.478 e. The Balaban J connectivity index is 0.000000506. The van der Waals surface area contributed by atoms with Crippen LogP contribution in [-0.2, 0) is 9.59 Å². The number of carboxylic acids is 3. The summed E-state index contributed by atoms with van der Waals surface area (Å²) in [7, 11) is 0. The summed E-state index contributed by atoms with van der Waals surface area (Å²) in [4.78, 5) is 52.3. The lowest BCUT2D eigenvalue weighted by molar-refractivity contribution is -0.125. The van der Waals surface area contributed by atoms with E-state index in [-0.39, 0.29) is 5.56 Å². The highest BCUT2D eigenvalue weighted by atomic mass is 16.4. The summed E-state index contributed by atoms with van der Waals surface area (Å²) in [5.41, 5.74) is -1.24. The summed E-state index contributed by atoms with van der Waals surface area (Å²) >= 11 is 0. The Hall–Kier alpha value is -3.75. The first kappa shape index (κ1) is 20.2. The van der Waals surface area contributed by atoms with Crippen molar-refractivity contribution in [2.75, 3.05) is 0 Å². The van der Waals surface area contributed by atoms with Crippen LogP contribution in [-0.4, -0.2) is 45.0 Å².